The van der Waals surface area contributed by atoms with Crippen LogP contribution < -0.4 is 19.5 Å². The number of fused-ring (bicyclic) bond motifs is 2. The molecule has 2 fully saturated rings. The minimum atomic E-state index is -4.06. The van der Waals surface area contributed by atoms with Gasteiger partial charge in [0.1, 0.15) is 18.5 Å². The molecule has 3 aromatic carbocycles. The molecule has 13 heteroatoms. The largest absolute Gasteiger partial charge is 0.489 e. The number of aliphatic hydroxyl groups excluding tert-OH is 1. The van der Waals surface area contributed by atoms with Gasteiger partial charge >= 0.3 is 6.09 Å². The number of hydrogen-bond donors (Lipinski definition) is 2. The summed E-state index contributed by atoms with van der Waals surface area (Å²) in [6.45, 7) is 4.83. The number of nitrogens with zero attached hydrogens (tertiary/aromatic N) is 1. The fourth-order valence-corrected chi connectivity index (χ4v) is 7.71. The molecule has 3 aliphatic heterocycles. The highest BCUT2D eigenvalue weighted by Gasteiger charge is 2.44. The zero-order valence-electron chi connectivity index (χ0n) is 27.0. The minimum absolute atomic E-state index is 0.0121. The molecule has 0 bridgehead atoms. The molecule has 0 spiro atoms. The van der Waals surface area contributed by atoms with E-state index in [4.69, 9.17) is 28.4 Å². The molecule has 6 rings (SSSR count). The van der Waals surface area contributed by atoms with E-state index in [0.717, 1.165) is 17.5 Å². The fraction of sp³-hybridized carbons (Fsp3) is 0.457. The summed E-state index contributed by atoms with van der Waals surface area (Å²) in [6.07, 6.45) is -1.98. The maximum atomic E-state index is 13.9. The van der Waals surface area contributed by atoms with Crippen LogP contribution in [0.15, 0.2) is 77.7 Å². The monoisotopic (exact) mass is 682 g/mol. The van der Waals surface area contributed by atoms with Crippen LogP contribution in [0.25, 0.3) is 0 Å². The molecule has 5 atom stereocenters. The smallest absolute Gasteiger partial charge is 0.407 e. The number of nitrogens with one attached hydrogen (secondary N) is 1. The van der Waals surface area contributed by atoms with E-state index in [0.29, 0.717) is 30.5 Å². The van der Waals surface area contributed by atoms with Crippen LogP contribution in [-0.2, 0) is 37.3 Å². The molecule has 0 unspecified atom stereocenters. The van der Waals surface area contributed by atoms with Gasteiger partial charge in [-0.1, -0.05) is 56.3 Å². The van der Waals surface area contributed by atoms with E-state index in [2.05, 4.69) is 5.32 Å². The van der Waals surface area contributed by atoms with E-state index in [-0.39, 0.29) is 49.6 Å². The Bertz CT molecular complexity index is 1640. The Labute approximate surface area is 280 Å². The van der Waals surface area contributed by atoms with Gasteiger partial charge in [0.05, 0.1) is 36.2 Å². The Kier molecular flexibility index (Phi) is 10.7. The van der Waals surface area contributed by atoms with Crippen molar-refractivity contribution in [1.82, 2.24) is 9.62 Å². The van der Waals surface area contributed by atoms with Gasteiger partial charge in [0.15, 0.2) is 17.8 Å². The van der Waals surface area contributed by atoms with E-state index in [1.165, 1.54) is 16.4 Å². The van der Waals surface area contributed by atoms with Gasteiger partial charge in [-0.15, -0.1) is 0 Å². The van der Waals surface area contributed by atoms with E-state index in [1.807, 2.05) is 68.4 Å². The number of ether oxygens (including phenoxy) is 6. The molecule has 2 saturated heterocycles. The summed E-state index contributed by atoms with van der Waals surface area (Å²) in [5, 5.41) is 14.5. The molecule has 3 heterocycles. The molecule has 48 heavy (non-hydrogen) atoms. The van der Waals surface area contributed by atoms with Gasteiger partial charge in [0.25, 0.3) is 0 Å². The Morgan fingerprint density at radius 1 is 0.979 bits per heavy atom. The van der Waals surface area contributed by atoms with Crippen LogP contribution >= 0.6 is 0 Å². The number of benzene rings is 3. The van der Waals surface area contributed by atoms with Gasteiger partial charge in [0, 0.05) is 19.2 Å². The van der Waals surface area contributed by atoms with Crippen molar-refractivity contribution in [1.29, 1.82) is 0 Å². The average molecular weight is 683 g/mol. The second-order valence-electron chi connectivity index (χ2n) is 12.6. The topological polar surface area (TPSA) is 142 Å². The van der Waals surface area contributed by atoms with E-state index in [1.54, 1.807) is 6.07 Å². The van der Waals surface area contributed by atoms with Crippen LogP contribution in [0.5, 0.6) is 17.2 Å². The van der Waals surface area contributed by atoms with E-state index in [9.17, 15) is 18.3 Å². The Morgan fingerprint density at radius 2 is 1.75 bits per heavy atom. The van der Waals surface area contributed by atoms with Gasteiger partial charge in [-0.05, 0) is 54.2 Å². The molecule has 0 aliphatic carbocycles. The lowest BCUT2D eigenvalue weighted by Gasteiger charge is -2.31. The van der Waals surface area contributed by atoms with Gasteiger partial charge in [-0.3, -0.25) is 0 Å². The highest BCUT2D eigenvalue weighted by molar-refractivity contribution is 7.89. The number of hydrogen-bond acceptors (Lipinski definition) is 10. The fourth-order valence-electron chi connectivity index (χ4n) is 6.07. The number of carbonyl (C=O) groups excluding carboxylic acids is 1. The van der Waals surface area contributed by atoms with Crippen molar-refractivity contribution in [3.63, 3.8) is 0 Å². The second kappa shape index (κ2) is 15.1. The predicted octanol–water partition coefficient (Wildman–Crippen LogP) is 4.10. The van der Waals surface area contributed by atoms with Crippen molar-refractivity contribution in [3.8, 4) is 17.2 Å². The first-order valence-electron chi connectivity index (χ1n) is 16.2. The number of amides is 1. The van der Waals surface area contributed by atoms with Gasteiger partial charge < -0.3 is 38.8 Å². The van der Waals surface area contributed by atoms with Crippen LogP contribution in [0.1, 0.15) is 31.4 Å². The maximum Gasteiger partial charge on any atom is 0.407 e. The summed E-state index contributed by atoms with van der Waals surface area (Å²) < 4.78 is 62.6. The third-order valence-corrected chi connectivity index (χ3v) is 10.4. The van der Waals surface area contributed by atoms with Crippen molar-refractivity contribution < 1.29 is 46.7 Å². The Balaban J connectivity index is 1.18. The molecule has 0 saturated carbocycles. The molecule has 0 radical (unpaired) electrons. The Morgan fingerprint density at radius 3 is 2.52 bits per heavy atom. The SMILES string of the molecule is CC(C)CN(C[C@@H](O)[C@H](Cc1ccc(OCc2ccccc2)cc1)NC(=O)O[C@@H]1CO[C@H]2OCC[C@H]21)S(=O)(=O)c1ccc2c(c1)OCO2. The summed E-state index contributed by atoms with van der Waals surface area (Å²) >= 11 is 0. The summed E-state index contributed by atoms with van der Waals surface area (Å²) in [6, 6.07) is 20.7. The van der Waals surface area contributed by atoms with Crippen LogP contribution in [0.2, 0.25) is 0 Å². The summed E-state index contributed by atoms with van der Waals surface area (Å²) in [5.74, 6) is 1.36. The highest BCUT2D eigenvalue weighted by Crippen LogP contribution is 2.35. The standard InChI is InChI=1S/C35H42N2O10S/c1-23(2)18-37(48(40,41)27-12-13-31-32(17-27)46-22-45-31)19-30(38)29(36-35(39)47-33-21-44-34-28(33)14-15-42-34)16-24-8-10-26(11-9-24)43-20-25-6-4-3-5-7-25/h3-13,17,23,28-30,33-34,38H,14-16,18-22H2,1-2H3,(H,36,39)/t28-,29-,30+,33+,34+/m0/s1. The zero-order chi connectivity index (χ0) is 33.7. The van der Waals surface area contributed by atoms with Crippen LogP contribution in [0.3, 0.4) is 0 Å². The number of carbonyl (C=O) groups is 1. The highest BCUT2D eigenvalue weighted by atomic mass is 32.2. The van der Waals surface area contributed by atoms with Crippen molar-refractivity contribution in [2.75, 3.05) is 33.1 Å². The van der Waals surface area contributed by atoms with Crippen molar-refractivity contribution in [3.05, 3.63) is 83.9 Å². The molecule has 3 aromatic rings. The third kappa shape index (κ3) is 8.21. The second-order valence-corrected chi connectivity index (χ2v) is 14.6. The quantitative estimate of drug-likeness (QED) is 0.255. The zero-order valence-corrected chi connectivity index (χ0v) is 27.8. The molecule has 2 N–H and O–H groups in total. The Hall–Kier alpha value is -3.88. The summed E-state index contributed by atoms with van der Waals surface area (Å²) in [5.41, 5.74) is 1.84. The number of aliphatic hydroxyl groups is 1. The van der Waals surface area contributed by atoms with Gasteiger partial charge in [0.2, 0.25) is 16.8 Å². The summed E-state index contributed by atoms with van der Waals surface area (Å²) in [4.78, 5) is 13.3. The molecule has 0 aromatic heterocycles. The molecule has 12 nitrogen and oxygen atoms in total. The number of alkyl carbamates (subject to hydrolysis) is 1. The molecule has 3 aliphatic rings. The molecule has 258 valence electrons. The van der Waals surface area contributed by atoms with Crippen LogP contribution in [0.4, 0.5) is 4.79 Å². The van der Waals surface area contributed by atoms with Crippen LogP contribution in [-0.4, -0.2) is 81.6 Å². The lowest BCUT2D eigenvalue weighted by Crippen LogP contribution is -2.51. The normalized spacial score (nSPS) is 21.2. The van der Waals surface area contributed by atoms with Crippen LogP contribution in [0, 0.1) is 11.8 Å². The van der Waals surface area contributed by atoms with Gasteiger partial charge in [-0.25, -0.2) is 13.2 Å². The first-order valence-corrected chi connectivity index (χ1v) is 17.6. The summed E-state index contributed by atoms with van der Waals surface area (Å²) in [7, 11) is -4.06. The molecular formula is C35H42N2O10S. The third-order valence-electron chi connectivity index (χ3n) is 8.58. The first-order chi connectivity index (χ1) is 23.2. The van der Waals surface area contributed by atoms with E-state index >= 15 is 0 Å². The predicted molar refractivity (Wildman–Crippen MR) is 174 cm³/mol. The first kappa shape index (κ1) is 34.0. The maximum absolute atomic E-state index is 13.9. The van der Waals surface area contributed by atoms with Crippen molar-refractivity contribution in [2.24, 2.45) is 11.8 Å². The van der Waals surface area contributed by atoms with Crippen molar-refractivity contribution in [2.45, 2.75) is 62.7 Å². The average Bonchev–Trinajstić information content (AvgIpc) is 3.83. The lowest BCUT2D eigenvalue weighted by molar-refractivity contribution is -0.0907. The molecule has 1 amide bonds. The van der Waals surface area contributed by atoms with Crippen molar-refractivity contribution >= 4 is 16.1 Å². The van der Waals surface area contributed by atoms with E-state index < -0.39 is 40.7 Å². The minimum Gasteiger partial charge on any atom is -0.489 e. The lowest BCUT2D eigenvalue weighted by atomic mass is 10.0. The molecular weight excluding hydrogens is 640 g/mol. The van der Waals surface area contributed by atoms with Gasteiger partial charge in [-0.2, -0.15) is 4.31 Å². The number of rotatable bonds is 14. The number of sulfonamides is 1.